The summed E-state index contributed by atoms with van der Waals surface area (Å²) in [7, 11) is 0. The molecular formula is C13H18F3N3O4. The van der Waals surface area contributed by atoms with Crippen molar-refractivity contribution in [3.63, 3.8) is 0 Å². The first-order valence-corrected chi connectivity index (χ1v) is 7.19. The van der Waals surface area contributed by atoms with Crippen LogP contribution in [-0.2, 0) is 0 Å². The highest BCUT2D eigenvalue weighted by Gasteiger charge is 2.48. The van der Waals surface area contributed by atoms with Crippen molar-refractivity contribution < 1.29 is 23.0 Å². The highest BCUT2D eigenvalue weighted by molar-refractivity contribution is 5.32. The predicted octanol–water partition coefficient (Wildman–Crippen LogP) is 3.34. The molecule has 10 heteroatoms. The average molecular weight is 337 g/mol. The van der Waals surface area contributed by atoms with Gasteiger partial charge in [-0.3, -0.25) is 20.2 Å². The van der Waals surface area contributed by atoms with Crippen molar-refractivity contribution in [2.45, 2.75) is 39.3 Å². The van der Waals surface area contributed by atoms with Gasteiger partial charge < -0.3 is 4.90 Å². The molecule has 0 bridgehead atoms. The molecule has 0 spiro atoms. The molecule has 1 aliphatic carbocycles. The van der Waals surface area contributed by atoms with E-state index in [-0.39, 0.29) is 5.70 Å². The summed E-state index contributed by atoms with van der Waals surface area (Å²) in [5.74, 6) is -2.22. The van der Waals surface area contributed by atoms with Gasteiger partial charge in [-0.1, -0.05) is 13.8 Å². The van der Waals surface area contributed by atoms with Crippen LogP contribution in [0.4, 0.5) is 13.2 Å². The number of nitrogens with zero attached hydrogens (tertiary/aromatic N) is 3. The van der Waals surface area contributed by atoms with Crippen molar-refractivity contribution in [3.05, 3.63) is 43.4 Å². The van der Waals surface area contributed by atoms with E-state index in [0.717, 1.165) is 0 Å². The number of alkyl halides is 3. The normalized spacial score (nSPS) is 18.7. The molecule has 1 atom stereocenters. The molecule has 0 saturated carbocycles. The molecule has 0 saturated heterocycles. The summed E-state index contributed by atoms with van der Waals surface area (Å²) >= 11 is 0. The van der Waals surface area contributed by atoms with E-state index in [1.54, 1.807) is 13.8 Å². The van der Waals surface area contributed by atoms with Crippen molar-refractivity contribution in [2.75, 3.05) is 13.1 Å². The summed E-state index contributed by atoms with van der Waals surface area (Å²) in [6, 6.07) is 0. The van der Waals surface area contributed by atoms with E-state index in [4.69, 9.17) is 0 Å². The summed E-state index contributed by atoms with van der Waals surface area (Å²) in [6.07, 6.45) is -4.06. The quantitative estimate of drug-likeness (QED) is 0.525. The summed E-state index contributed by atoms with van der Waals surface area (Å²) in [5, 5.41) is 22.4. The molecule has 0 aromatic carbocycles. The van der Waals surface area contributed by atoms with Gasteiger partial charge in [-0.15, -0.1) is 0 Å². The Balaban J connectivity index is 3.47. The molecular weight excluding hydrogens is 319 g/mol. The third-order valence-electron chi connectivity index (χ3n) is 3.43. The Hall–Kier alpha value is -2.13. The van der Waals surface area contributed by atoms with Crippen molar-refractivity contribution in [3.8, 4) is 0 Å². The standard InChI is InChI=1S/C13H18F3N3O4/c1-3-5-17(6-4-2)12-10(18(20)21)7-9(13(14,15)16)8-11(12)19(22)23/h7,9H,3-6,8H2,1-2H3. The molecule has 0 aromatic rings. The largest absolute Gasteiger partial charge is 0.395 e. The first-order chi connectivity index (χ1) is 10.6. The van der Waals surface area contributed by atoms with E-state index in [2.05, 4.69) is 0 Å². The van der Waals surface area contributed by atoms with E-state index >= 15 is 0 Å². The van der Waals surface area contributed by atoms with Crippen LogP contribution in [0.25, 0.3) is 0 Å². The summed E-state index contributed by atoms with van der Waals surface area (Å²) in [5.41, 5.74) is -1.89. The SMILES string of the molecule is CCCN(CCC)C1=C([N+](=O)[O-])CC(C(F)(F)F)C=C1[N+](=O)[O-]. The lowest BCUT2D eigenvalue weighted by Gasteiger charge is -2.28. The van der Waals surface area contributed by atoms with Crippen LogP contribution in [0.2, 0.25) is 0 Å². The number of allylic oxidation sites excluding steroid dienone is 2. The number of halogens is 3. The fraction of sp³-hybridized carbons (Fsp3) is 0.692. The van der Waals surface area contributed by atoms with Gasteiger partial charge in [-0.05, 0) is 12.8 Å². The Kier molecular flexibility index (Phi) is 6.11. The highest BCUT2D eigenvalue weighted by atomic mass is 19.4. The van der Waals surface area contributed by atoms with Gasteiger partial charge in [-0.2, -0.15) is 13.2 Å². The lowest BCUT2D eigenvalue weighted by molar-refractivity contribution is -0.446. The number of nitro groups is 2. The molecule has 1 rings (SSSR count). The van der Waals surface area contributed by atoms with Crippen LogP contribution in [-0.4, -0.2) is 34.0 Å². The predicted molar refractivity (Wildman–Crippen MR) is 75.4 cm³/mol. The van der Waals surface area contributed by atoms with Crippen LogP contribution in [0.1, 0.15) is 33.1 Å². The molecule has 0 radical (unpaired) electrons. The summed E-state index contributed by atoms with van der Waals surface area (Å²) in [4.78, 5) is 21.9. The van der Waals surface area contributed by atoms with Crippen molar-refractivity contribution in [1.82, 2.24) is 4.90 Å². The van der Waals surface area contributed by atoms with Gasteiger partial charge >= 0.3 is 6.18 Å². The Morgan fingerprint density at radius 1 is 1.17 bits per heavy atom. The maximum atomic E-state index is 12.9. The molecule has 1 aliphatic rings. The molecule has 0 heterocycles. The Morgan fingerprint density at radius 2 is 1.70 bits per heavy atom. The second kappa shape index (κ2) is 7.42. The van der Waals surface area contributed by atoms with Crippen molar-refractivity contribution >= 4 is 0 Å². The van der Waals surface area contributed by atoms with Gasteiger partial charge in [0.25, 0.3) is 11.4 Å². The molecule has 0 amide bonds. The Bertz CT molecular complexity index is 537. The zero-order valence-corrected chi connectivity index (χ0v) is 12.8. The maximum Gasteiger partial charge on any atom is 0.395 e. The first kappa shape index (κ1) is 18.9. The van der Waals surface area contributed by atoms with Crippen molar-refractivity contribution in [1.29, 1.82) is 0 Å². The van der Waals surface area contributed by atoms with E-state index in [9.17, 15) is 33.4 Å². The van der Waals surface area contributed by atoms with Crippen LogP contribution in [0, 0.1) is 26.1 Å². The minimum Gasteiger partial charge on any atom is -0.361 e. The van der Waals surface area contributed by atoms with Gasteiger partial charge in [-0.25, -0.2) is 0 Å². The lowest BCUT2D eigenvalue weighted by Crippen LogP contribution is -2.35. The molecule has 23 heavy (non-hydrogen) atoms. The van der Waals surface area contributed by atoms with Crippen LogP contribution < -0.4 is 0 Å². The second-order valence-corrected chi connectivity index (χ2v) is 5.20. The monoisotopic (exact) mass is 337 g/mol. The summed E-state index contributed by atoms with van der Waals surface area (Å²) in [6.45, 7) is 4.16. The maximum absolute atomic E-state index is 12.9. The minimum atomic E-state index is -4.77. The molecule has 7 nitrogen and oxygen atoms in total. The number of hydrogen-bond donors (Lipinski definition) is 0. The van der Waals surface area contributed by atoms with Crippen LogP contribution >= 0.6 is 0 Å². The number of rotatable bonds is 7. The van der Waals surface area contributed by atoms with E-state index in [0.29, 0.717) is 32.0 Å². The van der Waals surface area contributed by atoms with Gasteiger partial charge in [0.05, 0.1) is 22.2 Å². The Labute approximate surface area is 130 Å². The van der Waals surface area contributed by atoms with Crippen LogP contribution in [0.5, 0.6) is 0 Å². The summed E-state index contributed by atoms with van der Waals surface area (Å²) < 4.78 is 38.7. The fourth-order valence-corrected chi connectivity index (χ4v) is 2.52. The van der Waals surface area contributed by atoms with Gasteiger partial charge in [0.2, 0.25) is 0 Å². The molecule has 1 unspecified atom stereocenters. The topological polar surface area (TPSA) is 89.5 Å². The van der Waals surface area contributed by atoms with Gasteiger partial charge in [0, 0.05) is 19.2 Å². The Morgan fingerprint density at radius 3 is 2.04 bits per heavy atom. The first-order valence-electron chi connectivity index (χ1n) is 7.19. The average Bonchev–Trinajstić information content (AvgIpc) is 2.44. The zero-order chi connectivity index (χ0) is 17.8. The molecule has 0 N–H and O–H groups in total. The van der Waals surface area contributed by atoms with E-state index in [1.165, 1.54) is 4.90 Å². The minimum absolute atomic E-state index is 0.294. The molecule has 130 valence electrons. The third-order valence-corrected chi connectivity index (χ3v) is 3.43. The molecule has 0 aromatic heterocycles. The highest BCUT2D eigenvalue weighted by Crippen LogP contribution is 2.40. The molecule has 0 fully saturated rings. The van der Waals surface area contributed by atoms with Crippen LogP contribution in [0.15, 0.2) is 23.2 Å². The van der Waals surface area contributed by atoms with Gasteiger partial charge in [0.15, 0.2) is 5.70 Å². The number of hydrogen-bond acceptors (Lipinski definition) is 5. The van der Waals surface area contributed by atoms with Crippen molar-refractivity contribution in [2.24, 2.45) is 5.92 Å². The smallest absolute Gasteiger partial charge is 0.361 e. The van der Waals surface area contributed by atoms with Gasteiger partial charge in [0.1, 0.15) is 0 Å². The lowest BCUT2D eigenvalue weighted by atomic mass is 9.93. The fourth-order valence-electron chi connectivity index (χ4n) is 2.52. The zero-order valence-electron chi connectivity index (χ0n) is 12.8. The molecule has 0 aliphatic heterocycles. The third kappa shape index (κ3) is 4.42. The van der Waals surface area contributed by atoms with Crippen LogP contribution in [0.3, 0.4) is 0 Å². The van der Waals surface area contributed by atoms with E-state index in [1.807, 2.05) is 0 Å². The second-order valence-electron chi connectivity index (χ2n) is 5.20. The van der Waals surface area contributed by atoms with E-state index < -0.39 is 39.8 Å².